The quantitative estimate of drug-likeness (QED) is 0.857. The number of hydrogen-bond donors (Lipinski definition) is 0. The zero-order chi connectivity index (χ0) is 13.9. The molecule has 0 aliphatic carbocycles. The molecular weight excluding hydrogens is 258 g/mol. The highest BCUT2D eigenvalue weighted by Gasteiger charge is 2.24. The number of hydrogen-bond acceptors (Lipinski definition) is 5. The Balaban J connectivity index is 1.73. The van der Waals surface area contributed by atoms with Crippen LogP contribution in [0.25, 0.3) is 0 Å². The molecule has 1 fully saturated rings. The maximum Gasteiger partial charge on any atom is 0.233 e. The summed E-state index contributed by atoms with van der Waals surface area (Å²) in [6, 6.07) is 1.84. The van der Waals surface area contributed by atoms with Gasteiger partial charge in [-0.25, -0.2) is 0 Å². The molecule has 0 saturated carbocycles. The van der Waals surface area contributed by atoms with Crippen LogP contribution in [-0.4, -0.2) is 28.2 Å². The summed E-state index contributed by atoms with van der Waals surface area (Å²) in [7, 11) is 1.87. The molecule has 3 rings (SSSR count). The van der Waals surface area contributed by atoms with Crippen molar-refractivity contribution in [3.63, 3.8) is 0 Å². The lowest BCUT2D eigenvalue weighted by atomic mass is 9.93. The van der Waals surface area contributed by atoms with Gasteiger partial charge in [-0.3, -0.25) is 4.68 Å². The van der Waals surface area contributed by atoms with Gasteiger partial charge in [0.2, 0.25) is 5.88 Å². The molecule has 0 atom stereocenters. The largest absolute Gasteiger partial charge is 0.472 e. The fourth-order valence-electron chi connectivity index (χ4n) is 2.49. The molecule has 0 unspecified atom stereocenters. The molecule has 20 heavy (non-hydrogen) atoms. The van der Waals surface area contributed by atoms with Gasteiger partial charge >= 0.3 is 0 Å². The second kappa shape index (κ2) is 5.66. The summed E-state index contributed by atoms with van der Waals surface area (Å²) in [6.07, 6.45) is 3.83. The molecule has 6 nitrogen and oxygen atoms in total. The first-order valence-electron chi connectivity index (χ1n) is 6.89. The molecule has 1 aliphatic heterocycles. The highest BCUT2D eigenvalue weighted by molar-refractivity contribution is 5.25. The summed E-state index contributed by atoms with van der Waals surface area (Å²) < 4.78 is 18.2. The van der Waals surface area contributed by atoms with E-state index in [9.17, 15) is 0 Å². The van der Waals surface area contributed by atoms with Gasteiger partial charge in [-0.2, -0.15) is 0 Å². The Morgan fingerprint density at radius 2 is 2.20 bits per heavy atom. The van der Waals surface area contributed by atoms with Gasteiger partial charge in [0, 0.05) is 38.4 Å². The standard InChI is InChI=1S/C14H19N3O3/c1-10-12(9-19-13-3-6-17(2)15-13)14(16-20-10)11-4-7-18-8-5-11/h3,6,11H,4-5,7-9H2,1-2H3. The van der Waals surface area contributed by atoms with E-state index in [4.69, 9.17) is 14.0 Å². The van der Waals surface area contributed by atoms with E-state index in [-0.39, 0.29) is 0 Å². The minimum absolute atomic E-state index is 0.406. The van der Waals surface area contributed by atoms with Crippen molar-refractivity contribution in [2.45, 2.75) is 32.3 Å². The second-order valence-corrected chi connectivity index (χ2v) is 5.11. The number of aromatic nitrogens is 3. The minimum atomic E-state index is 0.406. The van der Waals surface area contributed by atoms with Crippen LogP contribution in [0.2, 0.25) is 0 Å². The smallest absolute Gasteiger partial charge is 0.233 e. The zero-order valence-corrected chi connectivity index (χ0v) is 11.8. The lowest BCUT2D eigenvalue weighted by molar-refractivity contribution is 0.0834. The monoisotopic (exact) mass is 277 g/mol. The molecule has 2 aromatic heterocycles. The number of ether oxygens (including phenoxy) is 2. The molecule has 0 bridgehead atoms. The normalized spacial score (nSPS) is 16.5. The summed E-state index contributed by atoms with van der Waals surface area (Å²) in [5, 5.41) is 8.43. The van der Waals surface area contributed by atoms with Crippen LogP contribution in [0.5, 0.6) is 5.88 Å². The predicted octanol–water partition coefficient (Wildman–Crippen LogP) is 2.19. The van der Waals surface area contributed by atoms with Gasteiger partial charge in [-0.05, 0) is 19.8 Å². The molecule has 2 aromatic rings. The van der Waals surface area contributed by atoms with E-state index in [1.807, 2.05) is 26.2 Å². The van der Waals surface area contributed by atoms with E-state index in [1.54, 1.807) is 4.68 Å². The fraction of sp³-hybridized carbons (Fsp3) is 0.571. The molecule has 0 amide bonds. The molecule has 0 aromatic carbocycles. The highest BCUT2D eigenvalue weighted by Crippen LogP contribution is 2.30. The zero-order valence-electron chi connectivity index (χ0n) is 11.8. The molecule has 1 aliphatic rings. The number of aryl methyl sites for hydroxylation is 2. The molecule has 0 radical (unpaired) electrons. The summed E-state index contributed by atoms with van der Waals surface area (Å²) >= 11 is 0. The molecule has 6 heteroatoms. The third kappa shape index (κ3) is 2.70. The third-order valence-corrected chi connectivity index (χ3v) is 3.68. The topological polar surface area (TPSA) is 62.3 Å². The number of rotatable bonds is 4. The lowest BCUT2D eigenvalue weighted by Crippen LogP contribution is -2.16. The molecule has 0 N–H and O–H groups in total. The molecule has 0 spiro atoms. The van der Waals surface area contributed by atoms with Crippen LogP contribution in [-0.2, 0) is 18.4 Å². The van der Waals surface area contributed by atoms with Crippen molar-refractivity contribution in [1.82, 2.24) is 14.9 Å². The Bertz CT molecular complexity index is 570. The van der Waals surface area contributed by atoms with Crippen LogP contribution in [0.3, 0.4) is 0 Å². The van der Waals surface area contributed by atoms with Crippen molar-refractivity contribution in [3.8, 4) is 5.88 Å². The van der Waals surface area contributed by atoms with Gasteiger partial charge < -0.3 is 14.0 Å². The van der Waals surface area contributed by atoms with Crippen LogP contribution >= 0.6 is 0 Å². The second-order valence-electron chi connectivity index (χ2n) is 5.11. The van der Waals surface area contributed by atoms with Gasteiger partial charge in [0.1, 0.15) is 12.4 Å². The summed E-state index contributed by atoms with van der Waals surface area (Å²) in [4.78, 5) is 0. The first kappa shape index (κ1) is 13.2. The first-order valence-corrected chi connectivity index (χ1v) is 6.89. The summed E-state index contributed by atoms with van der Waals surface area (Å²) in [5.41, 5.74) is 2.06. The van der Waals surface area contributed by atoms with Gasteiger partial charge in [0.25, 0.3) is 0 Å². The van der Waals surface area contributed by atoms with E-state index in [2.05, 4.69) is 10.3 Å². The average molecular weight is 277 g/mol. The van der Waals surface area contributed by atoms with Crippen LogP contribution in [0.15, 0.2) is 16.8 Å². The Morgan fingerprint density at radius 1 is 1.40 bits per heavy atom. The van der Waals surface area contributed by atoms with E-state index in [0.29, 0.717) is 18.4 Å². The van der Waals surface area contributed by atoms with E-state index >= 15 is 0 Å². The average Bonchev–Trinajstić information content (AvgIpc) is 3.04. The van der Waals surface area contributed by atoms with Crippen molar-refractivity contribution >= 4 is 0 Å². The fourth-order valence-corrected chi connectivity index (χ4v) is 2.49. The van der Waals surface area contributed by atoms with Gasteiger partial charge in [0.05, 0.1) is 11.3 Å². The summed E-state index contributed by atoms with van der Waals surface area (Å²) in [5.74, 6) is 1.84. The van der Waals surface area contributed by atoms with Crippen molar-refractivity contribution in [2.24, 2.45) is 7.05 Å². The lowest BCUT2D eigenvalue weighted by Gasteiger charge is -2.20. The van der Waals surface area contributed by atoms with Gasteiger partial charge in [0.15, 0.2) is 0 Å². The Kier molecular flexibility index (Phi) is 3.73. The SMILES string of the molecule is Cc1onc(C2CCOCC2)c1COc1ccn(C)n1. The molecule has 1 saturated heterocycles. The van der Waals surface area contributed by atoms with Crippen LogP contribution in [0.4, 0.5) is 0 Å². The van der Waals surface area contributed by atoms with Crippen molar-refractivity contribution in [2.75, 3.05) is 13.2 Å². The molecule has 3 heterocycles. The van der Waals surface area contributed by atoms with Crippen LogP contribution in [0, 0.1) is 6.92 Å². The van der Waals surface area contributed by atoms with Gasteiger partial charge in [-0.15, -0.1) is 5.10 Å². The van der Waals surface area contributed by atoms with Crippen molar-refractivity contribution in [1.29, 1.82) is 0 Å². The highest BCUT2D eigenvalue weighted by atomic mass is 16.5. The minimum Gasteiger partial charge on any atom is -0.472 e. The Hall–Kier alpha value is -1.82. The van der Waals surface area contributed by atoms with E-state index < -0.39 is 0 Å². The Labute approximate surface area is 117 Å². The predicted molar refractivity (Wildman–Crippen MR) is 71.6 cm³/mol. The number of nitrogens with zero attached hydrogens (tertiary/aromatic N) is 3. The first-order chi connectivity index (χ1) is 9.74. The Morgan fingerprint density at radius 3 is 2.90 bits per heavy atom. The van der Waals surface area contributed by atoms with Crippen LogP contribution in [0.1, 0.15) is 35.8 Å². The third-order valence-electron chi connectivity index (χ3n) is 3.68. The van der Waals surface area contributed by atoms with E-state index in [1.165, 1.54) is 0 Å². The summed E-state index contributed by atoms with van der Waals surface area (Å²) in [6.45, 7) is 3.94. The molecule has 108 valence electrons. The van der Waals surface area contributed by atoms with Gasteiger partial charge in [-0.1, -0.05) is 5.16 Å². The maximum absolute atomic E-state index is 5.72. The van der Waals surface area contributed by atoms with Crippen molar-refractivity contribution in [3.05, 3.63) is 29.3 Å². The van der Waals surface area contributed by atoms with E-state index in [0.717, 1.165) is 43.1 Å². The maximum atomic E-state index is 5.72. The molecular formula is C14H19N3O3. The van der Waals surface area contributed by atoms with Crippen LogP contribution < -0.4 is 4.74 Å². The van der Waals surface area contributed by atoms with Crippen molar-refractivity contribution < 1.29 is 14.0 Å².